The fourth-order valence-electron chi connectivity index (χ4n) is 3.19. The number of benzene rings is 2. The number of rotatable bonds is 5. The molecule has 0 spiro atoms. The zero-order valence-corrected chi connectivity index (χ0v) is 19.4. The number of hydrogen-bond acceptors (Lipinski definition) is 4. The van der Waals surface area contributed by atoms with Crippen LogP contribution in [-0.4, -0.2) is 57.0 Å². The average molecular weight is 470 g/mol. The third-order valence-corrected chi connectivity index (χ3v) is 8.33. The van der Waals surface area contributed by atoms with Crippen molar-refractivity contribution in [2.24, 2.45) is 4.40 Å². The van der Waals surface area contributed by atoms with Gasteiger partial charge in [-0.15, -0.1) is 16.0 Å². The Morgan fingerprint density at radius 1 is 0.967 bits per heavy atom. The van der Waals surface area contributed by atoms with Gasteiger partial charge in [0.1, 0.15) is 5.84 Å². The second-order valence-corrected chi connectivity index (χ2v) is 11.2. The summed E-state index contributed by atoms with van der Waals surface area (Å²) in [7, 11) is -7.68. The monoisotopic (exact) mass is 469 g/mol. The molecule has 0 N–H and O–H groups in total. The van der Waals surface area contributed by atoms with Crippen LogP contribution in [0.2, 0.25) is 0 Å². The Hall–Kier alpha value is -1.94. The second-order valence-electron chi connectivity index (χ2n) is 7.34. The molecule has 1 atom stereocenters. The van der Waals surface area contributed by atoms with Crippen molar-refractivity contribution in [3.05, 3.63) is 59.7 Å². The highest BCUT2D eigenvalue weighted by Crippen LogP contribution is 2.24. The third-order valence-electron chi connectivity index (χ3n) is 4.96. The van der Waals surface area contributed by atoms with Gasteiger partial charge in [-0.2, -0.15) is 12.7 Å². The predicted octanol–water partition coefficient (Wildman–Crippen LogP) is 2.98. The molecule has 1 aliphatic heterocycles. The molecular formula is C20H24ClN3O4S2. The van der Waals surface area contributed by atoms with E-state index in [1.54, 1.807) is 41.3 Å². The molecule has 1 fully saturated rings. The van der Waals surface area contributed by atoms with E-state index in [0.29, 0.717) is 0 Å². The zero-order valence-electron chi connectivity index (χ0n) is 17.0. The Bertz CT molecular complexity index is 1150. The minimum atomic E-state index is -3.97. The van der Waals surface area contributed by atoms with Crippen molar-refractivity contribution < 1.29 is 16.8 Å². The van der Waals surface area contributed by atoms with Crippen LogP contribution in [-0.2, 0) is 20.0 Å². The summed E-state index contributed by atoms with van der Waals surface area (Å²) in [6.45, 7) is 5.74. The number of amidine groups is 1. The van der Waals surface area contributed by atoms with Crippen LogP contribution in [0.5, 0.6) is 0 Å². The first-order valence-electron chi connectivity index (χ1n) is 9.34. The van der Waals surface area contributed by atoms with Crippen LogP contribution in [0.1, 0.15) is 18.1 Å². The van der Waals surface area contributed by atoms with E-state index in [9.17, 15) is 16.8 Å². The first-order valence-corrected chi connectivity index (χ1v) is 12.8. The Balaban J connectivity index is 1.88. The number of nitrogens with zero attached hydrogens (tertiary/aromatic N) is 3. The van der Waals surface area contributed by atoms with E-state index in [2.05, 4.69) is 4.40 Å². The molecule has 0 aromatic heterocycles. The number of sulfonamides is 2. The molecule has 10 heteroatoms. The van der Waals surface area contributed by atoms with E-state index in [-0.39, 0.29) is 40.8 Å². The summed E-state index contributed by atoms with van der Waals surface area (Å²) < 4.78 is 56.6. The fraction of sp³-hybridized carbons (Fsp3) is 0.350. The number of halogens is 1. The molecule has 0 unspecified atom stereocenters. The molecule has 1 heterocycles. The maximum absolute atomic E-state index is 13.0. The lowest BCUT2D eigenvalue weighted by atomic mass is 10.2. The van der Waals surface area contributed by atoms with Crippen molar-refractivity contribution in [3.8, 4) is 0 Å². The van der Waals surface area contributed by atoms with Crippen molar-refractivity contribution in [2.75, 3.05) is 19.1 Å². The molecule has 2 aromatic carbocycles. The summed E-state index contributed by atoms with van der Waals surface area (Å²) in [4.78, 5) is 1.87. The predicted molar refractivity (Wildman–Crippen MR) is 118 cm³/mol. The van der Waals surface area contributed by atoms with Crippen molar-refractivity contribution in [1.29, 1.82) is 0 Å². The van der Waals surface area contributed by atoms with Gasteiger partial charge in [-0.1, -0.05) is 35.4 Å². The van der Waals surface area contributed by atoms with Crippen LogP contribution in [0.15, 0.2) is 62.7 Å². The van der Waals surface area contributed by atoms with Gasteiger partial charge in [-0.3, -0.25) is 0 Å². The van der Waals surface area contributed by atoms with Crippen LogP contribution >= 0.6 is 11.6 Å². The topological polar surface area (TPSA) is 87.1 Å². The van der Waals surface area contributed by atoms with E-state index in [1.807, 2.05) is 20.8 Å². The normalized spacial score (nSPS) is 18.7. The Morgan fingerprint density at radius 2 is 1.47 bits per heavy atom. The van der Waals surface area contributed by atoms with Crippen LogP contribution in [0, 0.1) is 13.8 Å². The van der Waals surface area contributed by atoms with Gasteiger partial charge in [-0.05, 0) is 45.0 Å². The summed E-state index contributed by atoms with van der Waals surface area (Å²) in [6.07, 6.45) is 0. The highest BCUT2D eigenvalue weighted by molar-refractivity contribution is 7.90. The summed E-state index contributed by atoms with van der Waals surface area (Å²) >= 11 is 6.02. The molecule has 2 aromatic rings. The second kappa shape index (κ2) is 8.66. The molecule has 162 valence electrons. The standard InChI is InChI=1S/C20H24ClN3O4S2/c1-15-4-8-18(9-5-15)29(25,26)22-20(12-21)24-14-23(13-17(24)3)30(27,28)19-10-6-16(2)7-11-19/h4-11,17H,12-14H2,1-3H3/t17-/m1/s1. The number of aryl methyl sites for hydroxylation is 2. The van der Waals surface area contributed by atoms with Crippen molar-refractivity contribution in [3.63, 3.8) is 0 Å². The van der Waals surface area contributed by atoms with E-state index in [0.717, 1.165) is 11.1 Å². The van der Waals surface area contributed by atoms with Gasteiger partial charge in [0.15, 0.2) is 0 Å². The lowest BCUT2D eigenvalue weighted by Gasteiger charge is -2.23. The van der Waals surface area contributed by atoms with Crippen molar-refractivity contribution in [2.45, 2.75) is 36.6 Å². The van der Waals surface area contributed by atoms with Crippen LogP contribution in [0.4, 0.5) is 0 Å². The number of alkyl halides is 1. The lowest BCUT2D eigenvalue weighted by Crippen LogP contribution is -2.37. The first-order chi connectivity index (χ1) is 14.0. The molecule has 3 rings (SSSR count). The van der Waals surface area contributed by atoms with Gasteiger partial charge in [0, 0.05) is 12.6 Å². The lowest BCUT2D eigenvalue weighted by molar-refractivity contribution is 0.390. The minimum absolute atomic E-state index is 0.0215. The Kier molecular flexibility index (Phi) is 6.57. The third kappa shape index (κ3) is 4.69. The summed E-state index contributed by atoms with van der Waals surface area (Å²) in [5.74, 6) is -0.0419. The molecule has 30 heavy (non-hydrogen) atoms. The molecule has 1 saturated heterocycles. The van der Waals surface area contributed by atoms with Gasteiger partial charge in [0.25, 0.3) is 10.0 Å². The maximum atomic E-state index is 13.0. The number of hydrogen-bond donors (Lipinski definition) is 0. The summed E-state index contributed by atoms with van der Waals surface area (Å²) in [6, 6.07) is 12.7. The van der Waals surface area contributed by atoms with E-state index in [1.165, 1.54) is 16.4 Å². The van der Waals surface area contributed by atoms with Gasteiger partial charge >= 0.3 is 0 Å². The van der Waals surface area contributed by atoms with Crippen LogP contribution < -0.4 is 0 Å². The smallest absolute Gasteiger partial charge is 0.283 e. The molecule has 0 amide bonds. The fourth-order valence-corrected chi connectivity index (χ4v) is 5.97. The quantitative estimate of drug-likeness (QED) is 0.381. The van der Waals surface area contributed by atoms with E-state index < -0.39 is 20.0 Å². The van der Waals surface area contributed by atoms with Crippen molar-refractivity contribution in [1.82, 2.24) is 9.21 Å². The van der Waals surface area contributed by atoms with Crippen LogP contribution in [0.25, 0.3) is 0 Å². The first kappa shape index (κ1) is 22.7. The van der Waals surface area contributed by atoms with Gasteiger partial charge < -0.3 is 4.90 Å². The SMILES string of the molecule is Cc1ccc(S(=O)(=O)N=C(CCl)N2CN(S(=O)(=O)c3ccc(C)cc3)C[C@H]2C)cc1. The molecule has 0 aliphatic carbocycles. The van der Waals surface area contributed by atoms with Gasteiger partial charge in [-0.25, -0.2) is 8.42 Å². The van der Waals surface area contributed by atoms with Crippen LogP contribution in [0.3, 0.4) is 0 Å². The maximum Gasteiger partial charge on any atom is 0.283 e. The molecule has 7 nitrogen and oxygen atoms in total. The van der Waals surface area contributed by atoms with E-state index >= 15 is 0 Å². The largest absolute Gasteiger partial charge is 0.340 e. The average Bonchev–Trinajstić information content (AvgIpc) is 3.09. The molecule has 0 radical (unpaired) electrons. The molecule has 1 aliphatic rings. The Labute approximate surface area is 183 Å². The molecule has 0 bridgehead atoms. The highest BCUT2D eigenvalue weighted by Gasteiger charge is 2.37. The summed E-state index contributed by atoms with van der Waals surface area (Å²) in [5, 5.41) is 0. The van der Waals surface area contributed by atoms with Crippen molar-refractivity contribution >= 4 is 37.5 Å². The highest BCUT2D eigenvalue weighted by atomic mass is 35.5. The van der Waals surface area contributed by atoms with E-state index in [4.69, 9.17) is 11.6 Å². The Morgan fingerprint density at radius 3 is 1.97 bits per heavy atom. The molecular weight excluding hydrogens is 446 g/mol. The zero-order chi connectivity index (χ0) is 22.1. The minimum Gasteiger partial charge on any atom is -0.340 e. The summed E-state index contributed by atoms with van der Waals surface area (Å²) in [5.41, 5.74) is 1.89. The molecule has 0 saturated carbocycles. The van der Waals surface area contributed by atoms with Gasteiger partial charge in [0.05, 0.1) is 22.3 Å². The van der Waals surface area contributed by atoms with Gasteiger partial charge in [0.2, 0.25) is 10.0 Å².